The topological polar surface area (TPSA) is 56.8 Å². The van der Waals surface area contributed by atoms with Crippen LogP contribution in [0.3, 0.4) is 0 Å². The van der Waals surface area contributed by atoms with Gasteiger partial charge in [-0.3, -0.25) is 5.10 Å². The molecule has 0 bridgehead atoms. The van der Waals surface area contributed by atoms with Gasteiger partial charge in [-0.2, -0.15) is 4.98 Å². The minimum atomic E-state index is 0.481. The number of hydrogen-bond donors (Lipinski definition) is 2. The number of nitrogens with zero attached hydrogens (tertiary/aromatic N) is 3. The molecule has 1 aromatic heterocycles. The van der Waals surface area contributed by atoms with Crippen molar-refractivity contribution in [2.45, 2.75) is 13.0 Å². The molecule has 5 nitrogen and oxygen atoms in total. The van der Waals surface area contributed by atoms with Crippen molar-refractivity contribution < 1.29 is 0 Å². The molecule has 1 atom stereocenters. The first-order chi connectivity index (χ1) is 9.22. The van der Waals surface area contributed by atoms with Gasteiger partial charge in [-0.05, 0) is 41.6 Å². The van der Waals surface area contributed by atoms with Gasteiger partial charge in [-0.15, -0.1) is 5.10 Å². The zero-order valence-corrected chi connectivity index (χ0v) is 12.9. The second-order valence-electron chi connectivity index (χ2n) is 4.79. The molecular formula is C13H16IN5. The molecule has 2 aromatic rings. The lowest BCUT2D eigenvalue weighted by atomic mass is 10.2. The maximum absolute atomic E-state index is 4.60. The molecule has 1 aromatic carbocycles. The minimum absolute atomic E-state index is 0.481. The minimum Gasteiger partial charge on any atom is -0.337 e. The molecule has 1 fully saturated rings. The number of nitrogens with one attached hydrogen (secondary N) is 2. The second-order valence-corrected chi connectivity index (χ2v) is 6.04. The average molecular weight is 369 g/mol. The Morgan fingerprint density at radius 1 is 1.32 bits per heavy atom. The number of piperazine rings is 1. The molecule has 0 radical (unpaired) electrons. The zero-order chi connectivity index (χ0) is 13.2. The van der Waals surface area contributed by atoms with Gasteiger partial charge < -0.3 is 10.2 Å². The fourth-order valence-electron chi connectivity index (χ4n) is 2.25. The lowest BCUT2D eigenvalue weighted by molar-refractivity contribution is 0.480. The monoisotopic (exact) mass is 369 g/mol. The van der Waals surface area contributed by atoms with Crippen LogP contribution in [0.5, 0.6) is 0 Å². The third kappa shape index (κ3) is 2.89. The van der Waals surface area contributed by atoms with Crippen LogP contribution < -0.4 is 10.2 Å². The van der Waals surface area contributed by atoms with Crippen LogP contribution in [0.4, 0.5) is 5.95 Å². The Morgan fingerprint density at radius 2 is 2.11 bits per heavy atom. The highest BCUT2D eigenvalue weighted by Gasteiger charge is 2.19. The third-order valence-electron chi connectivity index (χ3n) is 3.24. The van der Waals surface area contributed by atoms with Gasteiger partial charge in [0.1, 0.15) is 0 Å². The van der Waals surface area contributed by atoms with E-state index >= 15 is 0 Å². The maximum atomic E-state index is 4.60. The van der Waals surface area contributed by atoms with Crippen molar-refractivity contribution in [2.75, 3.05) is 24.5 Å². The van der Waals surface area contributed by atoms with E-state index in [0.717, 1.165) is 37.0 Å². The number of H-pyrrole nitrogens is 1. The normalized spacial score (nSPS) is 19.7. The smallest absolute Gasteiger partial charge is 0.245 e. The van der Waals surface area contributed by atoms with Gasteiger partial charge in [0, 0.05) is 34.8 Å². The van der Waals surface area contributed by atoms with Crippen molar-refractivity contribution >= 4 is 28.5 Å². The number of rotatable bonds is 2. The van der Waals surface area contributed by atoms with Gasteiger partial charge in [-0.1, -0.05) is 12.1 Å². The summed E-state index contributed by atoms with van der Waals surface area (Å²) < 4.78 is 1.22. The molecule has 3 rings (SSSR count). The molecule has 2 heterocycles. The predicted molar refractivity (Wildman–Crippen MR) is 84.2 cm³/mol. The Bertz CT molecular complexity index is 550. The molecular weight excluding hydrogens is 353 g/mol. The second kappa shape index (κ2) is 5.46. The Balaban J connectivity index is 1.81. The number of aromatic nitrogens is 3. The molecule has 19 heavy (non-hydrogen) atoms. The molecule has 1 saturated heterocycles. The van der Waals surface area contributed by atoms with Crippen molar-refractivity contribution in [2.24, 2.45) is 0 Å². The van der Waals surface area contributed by atoms with Gasteiger partial charge in [0.15, 0.2) is 5.82 Å². The molecule has 1 aliphatic heterocycles. The van der Waals surface area contributed by atoms with Crippen LogP contribution in [0.2, 0.25) is 0 Å². The predicted octanol–water partition coefficient (Wildman–Crippen LogP) is 1.87. The van der Waals surface area contributed by atoms with E-state index in [1.807, 2.05) is 0 Å². The highest BCUT2D eigenvalue weighted by atomic mass is 127. The van der Waals surface area contributed by atoms with E-state index < -0.39 is 0 Å². The van der Waals surface area contributed by atoms with Crippen LogP contribution in [0.25, 0.3) is 11.4 Å². The van der Waals surface area contributed by atoms with Crippen LogP contribution in [-0.2, 0) is 0 Å². The summed E-state index contributed by atoms with van der Waals surface area (Å²) in [4.78, 5) is 6.81. The first kappa shape index (κ1) is 12.9. The first-order valence-corrected chi connectivity index (χ1v) is 7.47. The fourth-order valence-corrected chi connectivity index (χ4v) is 2.60. The summed E-state index contributed by atoms with van der Waals surface area (Å²) in [6, 6.07) is 8.75. The Labute approximate surface area is 125 Å². The number of anilines is 1. The Kier molecular flexibility index (Phi) is 3.69. The molecule has 2 N–H and O–H groups in total. The number of aromatic amines is 1. The van der Waals surface area contributed by atoms with Crippen LogP contribution in [0, 0.1) is 3.57 Å². The standard InChI is InChI=1S/C13H16IN5/c1-9-8-19(7-6-15-9)13-16-12(17-18-13)10-2-4-11(14)5-3-10/h2-5,9,15H,6-8H2,1H3,(H,16,17,18). The van der Waals surface area contributed by atoms with E-state index in [4.69, 9.17) is 0 Å². The lowest BCUT2D eigenvalue weighted by Gasteiger charge is -2.30. The number of hydrogen-bond acceptors (Lipinski definition) is 4. The molecule has 0 spiro atoms. The number of halogens is 1. The summed E-state index contributed by atoms with van der Waals surface area (Å²) in [5, 5.41) is 10.8. The van der Waals surface area contributed by atoms with Crippen LogP contribution >= 0.6 is 22.6 Å². The summed E-state index contributed by atoms with van der Waals surface area (Å²) >= 11 is 2.30. The largest absolute Gasteiger partial charge is 0.337 e. The molecule has 0 saturated carbocycles. The van der Waals surface area contributed by atoms with E-state index in [-0.39, 0.29) is 0 Å². The molecule has 6 heteroatoms. The van der Waals surface area contributed by atoms with Gasteiger partial charge >= 0.3 is 0 Å². The van der Waals surface area contributed by atoms with Crippen LogP contribution in [0.1, 0.15) is 6.92 Å². The molecule has 1 aliphatic rings. The van der Waals surface area contributed by atoms with Crippen LogP contribution in [-0.4, -0.2) is 40.9 Å². The quantitative estimate of drug-likeness (QED) is 0.794. The Hall–Kier alpha value is -1.15. The van der Waals surface area contributed by atoms with E-state index in [0.29, 0.717) is 6.04 Å². The van der Waals surface area contributed by atoms with Crippen molar-refractivity contribution in [1.29, 1.82) is 0 Å². The summed E-state index contributed by atoms with van der Waals surface area (Å²) in [7, 11) is 0. The van der Waals surface area contributed by atoms with E-state index in [1.165, 1.54) is 3.57 Å². The average Bonchev–Trinajstić information content (AvgIpc) is 2.89. The summed E-state index contributed by atoms with van der Waals surface area (Å²) in [6.07, 6.45) is 0. The van der Waals surface area contributed by atoms with Gasteiger partial charge in [0.25, 0.3) is 0 Å². The summed E-state index contributed by atoms with van der Waals surface area (Å²) in [5.41, 5.74) is 1.07. The van der Waals surface area contributed by atoms with E-state index in [1.54, 1.807) is 0 Å². The Morgan fingerprint density at radius 3 is 2.84 bits per heavy atom. The highest BCUT2D eigenvalue weighted by Crippen LogP contribution is 2.19. The molecule has 0 aliphatic carbocycles. The summed E-state index contributed by atoms with van der Waals surface area (Å²) in [6.45, 7) is 5.06. The van der Waals surface area contributed by atoms with Crippen molar-refractivity contribution in [3.8, 4) is 11.4 Å². The molecule has 100 valence electrons. The third-order valence-corrected chi connectivity index (χ3v) is 3.96. The fraction of sp³-hybridized carbons (Fsp3) is 0.385. The van der Waals surface area contributed by atoms with E-state index in [2.05, 4.69) is 79.2 Å². The lowest BCUT2D eigenvalue weighted by Crippen LogP contribution is -2.49. The zero-order valence-electron chi connectivity index (χ0n) is 10.7. The van der Waals surface area contributed by atoms with Gasteiger partial charge in [0.2, 0.25) is 5.95 Å². The first-order valence-electron chi connectivity index (χ1n) is 6.39. The van der Waals surface area contributed by atoms with Crippen molar-refractivity contribution in [3.05, 3.63) is 27.8 Å². The molecule has 1 unspecified atom stereocenters. The highest BCUT2D eigenvalue weighted by molar-refractivity contribution is 14.1. The van der Waals surface area contributed by atoms with E-state index in [9.17, 15) is 0 Å². The van der Waals surface area contributed by atoms with Gasteiger partial charge in [-0.25, -0.2) is 0 Å². The van der Waals surface area contributed by atoms with Gasteiger partial charge in [0.05, 0.1) is 0 Å². The van der Waals surface area contributed by atoms with Crippen molar-refractivity contribution in [1.82, 2.24) is 20.5 Å². The van der Waals surface area contributed by atoms with Crippen LogP contribution in [0.15, 0.2) is 24.3 Å². The maximum Gasteiger partial charge on any atom is 0.245 e. The van der Waals surface area contributed by atoms with Crippen molar-refractivity contribution in [3.63, 3.8) is 0 Å². The summed E-state index contributed by atoms with van der Waals surface area (Å²) in [5.74, 6) is 1.62. The number of benzene rings is 1. The molecule has 0 amide bonds. The SMILES string of the molecule is CC1CN(c2n[nH]c(-c3ccc(I)cc3)n2)CCN1.